The summed E-state index contributed by atoms with van der Waals surface area (Å²) in [5, 5.41) is 14.6. The first-order valence-corrected chi connectivity index (χ1v) is 22.2. The van der Waals surface area contributed by atoms with Gasteiger partial charge in [-0.3, -0.25) is 9.55 Å². The Morgan fingerprint density at radius 2 is 1.09 bits per heavy atom. The zero-order valence-electron chi connectivity index (χ0n) is 38.2. The summed E-state index contributed by atoms with van der Waals surface area (Å²) < 4.78 is 4.53. The summed E-state index contributed by atoms with van der Waals surface area (Å²) in [4.78, 5) is 10.8. The molecule has 0 amide bonds. The summed E-state index contributed by atoms with van der Waals surface area (Å²) in [7, 11) is 0. The summed E-state index contributed by atoms with van der Waals surface area (Å²) in [6.07, 6.45) is 2.02. The Kier molecular flexibility index (Phi) is 11.1. The second kappa shape index (κ2) is 16.5. The molecule has 3 aromatic heterocycles. The van der Waals surface area contributed by atoms with Crippen molar-refractivity contribution in [1.82, 2.24) is 19.1 Å². The van der Waals surface area contributed by atoms with E-state index in [1.807, 2.05) is 12.3 Å². The van der Waals surface area contributed by atoms with Crippen LogP contribution in [0.1, 0.15) is 77.6 Å². The molecule has 10 rings (SSSR count). The third kappa shape index (κ3) is 7.70. The zero-order chi connectivity index (χ0) is 44.5. The van der Waals surface area contributed by atoms with Gasteiger partial charge in [-0.15, -0.1) is 29.3 Å². The minimum atomic E-state index is -0.367. The maximum Gasteiger partial charge on any atom is 0.148 e. The number of pyridine rings is 1. The summed E-state index contributed by atoms with van der Waals surface area (Å²) in [6, 6.07) is 61.5. The van der Waals surface area contributed by atoms with Crippen molar-refractivity contribution in [2.24, 2.45) is 0 Å². The molecule has 0 aliphatic rings. The number of hydrogen-bond acceptors (Lipinski definition) is 3. The van der Waals surface area contributed by atoms with E-state index in [-0.39, 0.29) is 43.1 Å². The Morgan fingerprint density at radius 3 is 1.75 bits per heavy atom. The molecule has 0 bridgehead atoms. The van der Waals surface area contributed by atoms with Gasteiger partial charge in [0, 0.05) is 66.1 Å². The van der Waals surface area contributed by atoms with Gasteiger partial charge < -0.3 is 9.67 Å². The van der Waals surface area contributed by atoms with Crippen molar-refractivity contribution in [2.45, 2.75) is 71.6 Å². The molecule has 0 aliphatic heterocycles. The molecule has 0 unspecified atom stereocenters. The van der Waals surface area contributed by atoms with Gasteiger partial charge in [0.1, 0.15) is 11.6 Å². The summed E-state index contributed by atoms with van der Waals surface area (Å²) in [5.74, 6) is 0.939. The topological polar surface area (TPSA) is 55.9 Å². The summed E-state index contributed by atoms with van der Waals surface area (Å²) >= 11 is 0. The molecular weight excluding hydrogens is 976 g/mol. The molecule has 5 nitrogen and oxygen atoms in total. The number of benzene rings is 7. The van der Waals surface area contributed by atoms with Crippen LogP contribution in [0, 0.1) is 6.07 Å². The minimum Gasteiger partial charge on any atom is -0.507 e. The number of imidazole rings is 1. The van der Waals surface area contributed by atoms with Crippen LogP contribution in [0.5, 0.6) is 5.75 Å². The maximum absolute atomic E-state index is 12.3. The van der Waals surface area contributed by atoms with E-state index < -0.39 is 0 Å². The molecule has 1 N–H and O–H groups in total. The molecule has 10 aromatic rings. The Morgan fingerprint density at radius 1 is 0.492 bits per heavy atom. The first-order chi connectivity index (χ1) is 30.7. The third-order valence-corrected chi connectivity index (χ3v) is 12.9. The molecule has 6 heteroatoms. The monoisotopic (exact) mass is 1030 g/mol. The van der Waals surface area contributed by atoms with Crippen molar-refractivity contribution < 1.29 is 26.2 Å². The van der Waals surface area contributed by atoms with Crippen LogP contribution in [0.25, 0.3) is 78.0 Å². The SMILES string of the molecule is CC(C)(C)c1cc(-c2nc3c(-c4[c-]c(-c5cc6c(cn5)c5ccccc5n6-c5ccccc5)cc(C(C)(C)c5ccccc5)c4)cccc3n2-c2ccccc2)c(O)c(C(C)(C)C)c1.[Pt]. The smallest absolute Gasteiger partial charge is 0.148 e. The van der Waals surface area contributed by atoms with E-state index in [9.17, 15) is 5.11 Å². The first kappa shape index (κ1) is 43.7. The van der Waals surface area contributed by atoms with E-state index in [1.165, 1.54) is 5.56 Å². The molecule has 0 saturated heterocycles. The molecule has 0 saturated carbocycles. The molecule has 7 aromatic carbocycles. The number of aromatic hydroxyl groups is 1. The molecule has 0 atom stereocenters. The predicted molar refractivity (Wildman–Crippen MR) is 266 cm³/mol. The molecule has 3 heterocycles. The normalized spacial score (nSPS) is 12.2. The second-order valence-electron chi connectivity index (χ2n) is 19.7. The number of phenols is 1. The van der Waals surface area contributed by atoms with Gasteiger partial charge in [0.05, 0.1) is 27.6 Å². The predicted octanol–water partition coefficient (Wildman–Crippen LogP) is 14.9. The van der Waals surface area contributed by atoms with Gasteiger partial charge in [0.2, 0.25) is 0 Å². The van der Waals surface area contributed by atoms with Gasteiger partial charge in [-0.25, -0.2) is 4.98 Å². The van der Waals surface area contributed by atoms with Crippen molar-refractivity contribution in [3.63, 3.8) is 0 Å². The number of rotatable bonds is 7. The number of nitrogens with zero attached hydrogens (tertiary/aromatic N) is 4. The summed E-state index contributed by atoms with van der Waals surface area (Å²) in [6.45, 7) is 17.7. The van der Waals surface area contributed by atoms with Crippen molar-refractivity contribution in [1.29, 1.82) is 0 Å². The van der Waals surface area contributed by atoms with Crippen molar-refractivity contribution in [3.05, 3.63) is 198 Å². The molecule has 65 heavy (non-hydrogen) atoms. The molecule has 0 spiro atoms. The zero-order valence-corrected chi connectivity index (χ0v) is 40.5. The number of hydrogen-bond donors (Lipinski definition) is 1. The maximum atomic E-state index is 12.3. The van der Waals surface area contributed by atoms with E-state index in [1.54, 1.807) is 0 Å². The molecule has 0 radical (unpaired) electrons. The van der Waals surface area contributed by atoms with Crippen LogP contribution < -0.4 is 0 Å². The van der Waals surface area contributed by atoms with Crippen LogP contribution >= 0.6 is 0 Å². The van der Waals surface area contributed by atoms with E-state index in [4.69, 9.17) is 9.97 Å². The van der Waals surface area contributed by atoms with Gasteiger partial charge in [-0.1, -0.05) is 170 Å². The minimum absolute atomic E-state index is 0. The number of aromatic nitrogens is 4. The van der Waals surface area contributed by atoms with Crippen molar-refractivity contribution in [3.8, 4) is 50.9 Å². The number of fused-ring (bicyclic) bond motifs is 4. The molecule has 0 fully saturated rings. The van der Waals surface area contributed by atoms with Gasteiger partial charge in [-0.2, -0.15) is 0 Å². The fourth-order valence-corrected chi connectivity index (χ4v) is 9.25. The van der Waals surface area contributed by atoms with Crippen molar-refractivity contribution >= 4 is 32.8 Å². The van der Waals surface area contributed by atoms with Crippen LogP contribution in [0.15, 0.2) is 170 Å². The van der Waals surface area contributed by atoms with E-state index >= 15 is 0 Å². The largest absolute Gasteiger partial charge is 0.507 e. The van der Waals surface area contributed by atoms with Crippen LogP contribution in [0.2, 0.25) is 0 Å². The third-order valence-electron chi connectivity index (χ3n) is 12.9. The second-order valence-corrected chi connectivity index (χ2v) is 19.7. The molecule has 0 aliphatic carbocycles. The van der Waals surface area contributed by atoms with Gasteiger partial charge in [-0.05, 0) is 70.5 Å². The number of para-hydroxylation sites is 4. The molecule has 326 valence electrons. The van der Waals surface area contributed by atoms with Crippen LogP contribution in [0.4, 0.5) is 0 Å². The van der Waals surface area contributed by atoms with Gasteiger partial charge >= 0.3 is 0 Å². The van der Waals surface area contributed by atoms with E-state index in [2.05, 4.69) is 228 Å². The van der Waals surface area contributed by atoms with Crippen LogP contribution in [-0.4, -0.2) is 24.2 Å². The Bertz CT molecular complexity index is 3370. The fourth-order valence-electron chi connectivity index (χ4n) is 9.25. The average molecular weight is 1030 g/mol. The quantitative estimate of drug-likeness (QED) is 0.162. The van der Waals surface area contributed by atoms with Crippen LogP contribution in [0.3, 0.4) is 0 Å². The van der Waals surface area contributed by atoms with Crippen LogP contribution in [-0.2, 0) is 37.3 Å². The summed E-state index contributed by atoms with van der Waals surface area (Å²) in [5.41, 5.74) is 13.9. The Balaban J connectivity index is 0.00000533. The average Bonchev–Trinajstić information content (AvgIpc) is 3.85. The Labute approximate surface area is 396 Å². The van der Waals surface area contributed by atoms with Crippen molar-refractivity contribution in [2.75, 3.05) is 0 Å². The van der Waals surface area contributed by atoms with E-state index in [0.717, 1.165) is 83.3 Å². The van der Waals surface area contributed by atoms with Gasteiger partial charge in [0.25, 0.3) is 0 Å². The standard InChI is InChI=1S/C59H53N4O.Pt/c1-57(2,3)41-34-47(55(64)49(35-41)58(4,5)6)56-61-54-45(28-20-30-52(54)63(56)44-25-16-11-17-26-44)38-31-39(33-42(32-38)59(7,8)40-21-12-9-13-22-40)50-36-53-48(37-60-50)46-27-18-19-29-51(46)62(53)43-23-14-10-15-24-43;/h9-30,32-37,64H,1-8H3;/q-1;. The number of phenolic OH excluding ortho intramolecular Hbond substituents is 1. The molecular formula is C59H53N4OPt-. The fraction of sp³-hybridized carbons (Fsp3) is 0.186. The van der Waals surface area contributed by atoms with E-state index in [0.29, 0.717) is 11.4 Å². The first-order valence-electron chi connectivity index (χ1n) is 22.2. The van der Waals surface area contributed by atoms with Gasteiger partial charge in [0.15, 0.2) is 0 Å². The Hall–Kier alpha value is -6.55.